The average Bonchev–Trinajstić information content (AvgIpc) is 2.46. The molecular formula is C15H23N3O2. The number of hydrogen-bond acceptors (Lipinski definition) is 3. The number of piperidine rings is 2. The van der Waals surface area contributed by atoms with Crippen LogP contribution in [-0.4, -0.2) is 47.8 Å². The minimum Gasteiger partial charge on any atom is -0.342 e. The predicted octanol–water partition coefficient (Wildman–Crippen LogP) is 1.54. The molecule has 0 saturated carbocycles. The Morgan fingerprint density at radius 3 is 2.85 bits per heavy atom. The summed E-state index contributed by atoms with van der Waals surface area (Å²) in [7, 11) is 0. The van der Waals surface area contributed by atoms with Crippen LogP contribution in [0.5, 0.6) is 0 Å². The largest absolute Gasteiger partial charge is 0.342 e. The van der Waals surface area contributed by atoms with Gasteiger partial charge in [0, 0.05) is 39.0 Å². The van der Waals surface area contributed by atoms with Crippen molar-refractivity contribution in [2.75, 3.05) is 26.2 Å². The second kappa shape index (κ2) is 6.25. The number of amides is 2. The molecule has 2 aliphatic rings. The first-order chi connectivity index (χ1) is 9.54. The SMILES string of the molecule is C[C@@]1(C#N)CCCN(C(=O)CCN2CCCCC2=O)C1. The van der Waals surface area contributed by atoms with E-state index in [2.05, 4.69) is 6.07 Å². The molecule has 110 valence electrons. The van der Waals surface area contributed by atoms with Crippen molar-refractivity contribution in [3.05, 3.63) is 0 Å². The van der Waals surface area contributed by atoms with Crippen LogP contribution in [0.25, 0.3) is 0 Å². The Balaban J connectivity index is 1.82. The van der Waals surface area contributed by atoms with E-state index >= 15 is 0 Å². The standard InChI is InChI=1S/C15H23N3O2/c1-15(11-16)7-4-9-18(12-15)14(20)6-10-17-8-3-2-5-13(17)19/h2-10,12H2,1H3/t15-/m0/s1. The van der Waals surface area contributed by atoms with Gasteiger partial charge in [0.1, 0.15) is 0 Å². The lowest BCUT2D eigenvalue weighted by Gasteiger charge is -2.36. The van der Waals surface area contributed by atoms with E-state index in [1.807, 2.05) is 6.92 Å². The molecule has 0 aromatic carbocycles. The molecule has 2 saturated heterocycles. The topological polar surface area (TPSA) is 64.4 Å². The average molecular weight is 277 g/mol. The number of nitrogens with zero attached hydrogens (tertiary/aromatic N) is 3. The summed E-state index contributed by atoms with van der Waals surface area (Å²) in [5, 5.41) is 9.18. The monoisotopic (exact) mass is 277 g/mol. The highest BCUT2D eigenvalue weighted by Crippen LogP contribution is 2.28. The Labute approximate surface area is 120 Å². The maximum atomic E-state index is 12.2. The van der Waals surface area contributed by atoms with Gasteiger partial charge in [0.25, 0.3) is 0 Å². The van der Waals surface area contributed by atoms with E-state index in [4.69, 9.17) is 0 Å². The van der Waals surface area contributed by atoms with E-state index in [0.29, 0.717) is 25.9 Å². The Morgan fingerprint density at radius 2 is 2.15 bits per heavy atom. The summed E-state index contributed by atoms with van der Waals surface area (Å²) >= 11 is 0. The molecule has 2 fully saturated rings. The van der Waals surface area contributed by atoms with E-state index < -0.39 is 5.41 Å². The third-order valence-corrected chi connectivity index (χ3v) is 4.34. The number of nitriles is 1. The van der Waals surface area contributed by atoms with E-state index in [0.717, 1.165) is 38.8 Å². The van der Waals surface area contributed by atoms with Crippen LogP contribution in [0.3, 0.4) is 0 Å². The molecule has 2 amide bonds. The van der Waals surface area contributed by atoms with E-state index in [1.54, 1.807) is 9.80 Å². The smallest absolute Gasteiger partial charge is 0.224 e. The van der Waals surface area contributed by atoms with Crippen LogP contribution in [0.4, 0.5) is 0 Å². The molecule has 20 heavy (non-hydrogen) atoms. The maximum Gasteiger partial charge on any atom is 0.224 e. The summed E-state index contributed by atoms with van der Waals surface area (Å²) in [6.45, 7) is 4.49. The van der Waals surface area contributed by atoms with Gasteiger partial charge >= 0.3 is 0 Å². The molecule has 0 radical (unpaired) electrons. The van der Waals surface area contributed by atoms with Crippen molar-refractivity contribution in [1.82, 2.24) is 9.80 Å². The van der Waals surface area contributed by atoms with Crippen molar-refractivity contribution < 1.29 is 9.59 Å². The van der Waals surface area contributed by atoms with Gasteiger partial charge in [-0.15, -0.1) is 0 Å². The number of carbonyl (C=O) groups is 2. The van der Waals surface area contributed by atoms with Crippen LogP contribution in [0.2, 0.25) is 0 Å². The van der Waals surface area contributed by atoms with Crippen molar-refractivity contribution in [3.8, 4) is 6.07 Å². The van der Waals surface area contributed by atoms with Crippen LogP contribution in [-0.2, 0) is 9.59 Å². The zero-order chi connectivity index (χ0) is 14.6. The molecule has 0 bridgehead atoms. The molecule has 5 nitrogen and oxygen atoms in total. The number of rotatable bonds is 3. The summed E-state index contributed by atoms with van der Waals surface area (Å²) < 4.78 is 0. The maximum absolute atomic E-state index is 12.2. The summed E-state index contributed by atoms with van der Waals surface area (Å²) in [4.78, 5) is 27.5. The first kappa shape index (κ1) is 14.8. The zero-order valence-electron chi connectivity index (χ0n) is 12.2. The van der Waals surface area contributed by atoms with E-state index in [9.17, 15) is 14.9 Å². The van der Waals surface area contributed by atoms with Crippen LogP contribution >= 0.6 is 0 Å². The van der Waals surface area contributed by atoms with Crippen LogP contribution < -0.4 is 0 Å². The van der Waals surface area contributed by atoms with E-state index in [-0.39, 0.29) is 11.8 Å². The fourth-order valence-corrected chi connectivity index (χ4v) is 3.03. The summed E-state index contributed by atoms with van der Waals surface area (Å²) in [6.07, 6.45) is 4.75. The van der Waals surface area contributed by atoms with Crippen LogP contribution in [0.15, 0.2) is 0 Å². The van der Waals surface area contributed by atoms with Crippen molar-refractivity contribution in [2.24, 2.45) is 5.41 Å². The van der Waals surface area contributed by atoms with Crippen molar-refractivity contribution in [3.63, 3.8) is 0 Å². The van der Waals surface area contributed by atoms with Gasteiger partial charge < -0.3 is 9.80 Å². The highest BCUT2D eigenvalue weighted by atomic mass is 16.2. The minimum atomic E-state index is -0.408. The third kappa shape index (κ3) is 3.50. The van der Waals surface area contributed by atoms with E-state index in [1.165, 1.54) is 0 Å². The molecule has 0 unspecified atom stereocenters. The van der Waals surface area contributed by atoms with Gasteiger partial charge in [-0.1, -0.05) is 0 Å². The molecule has 5 heteroatoms. The van der Waals surface area contributed by atoms with Gasteiger partial charge in [-0.05, 0) is 32.6 Å². The van der Waals surface area contributed by atoms with Crippen LogP contribution in [0, 0.1) is 16.7 Å². The van der Waals surface area contributed by atoms with Gasteiger partial charge in [0.05, 0.1) is 11.5 Å². The lowest BCUT2D eigenvalue weighted by atomic mass is 9.83. The lowest BCUT2D eigenvalue weighted by molar-refractivity contribution is -0.137. The molecule has 1 atom stereocenters. The summed E-state index contributed by atoms with van der Waals surface area (Å²) in [5.74, 6) is 0.245. The van der Waals surface area contributed by atoms with Crippen molar-refractivity contribution in [2.45, 2.75) is 45.4 Å². The molecule has 2 rings (SSSR count). The van der Waals surface area contributed by atoms with Gasteiger partial charge in [0.15, 0.2) is 0 Å². The first-order valence-electron chi connectivity index (χ1n) is 7.51. The normalized spacial score (nSPS) is 27.3. The molecule has 0 N–H and O–H groups in total. The van der Waals surface area contributed by atoms with Crippen LogP contribution in [0.1, 0.15) is 45.4 Å². The number of hydrogen-bond donors (Lipinski definition) is 0. The Bertz CT molecular complexity index is 429. The number of carbonyl (C=O) groups excluding carboxylic acids is 2. The molecule has 0 aromatic heterocycles. The molecule has 0 aromatic rings. The van der Waals surface area contributed by atoms with Gasteiger partial charge in [-0.3, -0.25) is 9.59 Å². The first-order valence-corrected chi connectivity index (χ1v) is 7.51. The summed E-state index contributed by atoms with van der Waals surface area (Å²) in [5.41, 5.74) is -0.408. The highest BCUT2D eigenvalue weighted by Gasteiger charge is 2.33. The second-order valence-corrected chi connectivity index (χ2v) is 6.18. The Hall–Kier alpha value is -1.57. The third-order valence-electron chi connectivity index (χ3n) is 4.34. The molecule has 2 heterocycles. The summed E-state index contributed by atoms with van der Waals surface area (Å²) in [6, 6.07) is 2.32. The Kier molecular flexibility index (Phi) is 4.64. The molecule has 2 aliphatic heterocycles. The lowest BCUT2D eigenvalue weighted by Crippen LogP contribution is -2.45. The molecular weight excluding hydrogens is 254 g/mol. The van der Waals surface area contributed by atoms with Gasteiger partial charge in [0.2, 0.25) is 11.8 Å². The molecule has 0 spiro atoms. The van der Waals surface area contributed by atoms with Gasteiger partial charge in [-0.25, -0.2) is 0 Å². The zero-order valence-corrected chi connectivity index (χ0v) is 12.2. The fourth-order valence-electron chi connectivity index (χ4n) is 3.03. The predicted molar refractivity (Wildman–Crippen MR) is 74.6 cm³/mol. The quantitative estimate of drug-likeness (QED) is 0.786. The second-order valence-electron chi connectivity index (χ2n) is 6.18. The number of likely N-dealkylation sites (tertiary alicyclic amines) is 2. The highest BCUT2D eigenvalue weighted by molar-refractivity contribution is 5.79. The van der Waals surface area contributed by atoms with Gasteiger partial charge in [-0.2, -0.15) is 5.26 Å². The van der Waals surface area contributed by atoms with Crippen molar-refractivity contribution >= 4 is 11.8 Å². The minimum absolute atomic E-state index is 0.0737. The van der Waals surface area contributed by atoms with Crippen molar-refractivity contribution in [1.29, 1.82) is 5.26 Å². The molecule has 0 aliphatic carbocycles. The fraction of sp³-hybridized carbons (Fsp3) is 0.800. The Morgan fingerprint density at radius 1 is 1.35 bits per heavy atom.